The summed E-state index contributed by atoms with van der Waals surface area (Å²) in [5.74, 6) is 0.923. The summed E-state index contributed by atoms with van der Waals surface area (Å²) in [7, 11) is 3.80. The fourth-order valence-electron chi connectivity index (χ4n) is 2.44. The Bertz CT molecular complexity index is 758. The average molecular weight is 325 g/mol. The third kappa shape index (κ3) is 3.94. The molecule has 118 valence electrons. The summed E-state index contributed by atoms with van der Waals surface area (Å²) in [5.41, 5.74) is 3.17. The number of nitrogens with zero attached hydrogens (tertiary/aromatic N) is 3. The molecular formula is C18H19N3OS. The van der Waals surface area contributed by atoms with Crippen LogP contribution in [0.3, 0.4) is 0 Å². The van der Waals surface area contributed by atoms with Gasteiger partial charge in [0.1, 0.15) is 10.8 Å². The molecule has 0 spiro atoms. The van der Waals surface area contributed by atoms with Crippen LogP contribution in [0.4, 0.5) is 0 Å². The zero-order chi connectivity index (χ0) is 16.1. The minimum atomic E-state index is 0.793. The van der Waals surface area contributed by atoms with Gasteiger partial charge in [0, 0.05) is 30.2 Å². The summed E-state index contributed by atoms with van der Waals surface area (Å²) in [6.07, 6.45) is 1.80. The SMILES string of the molecule is COc1ccccc1CN(C)Cc1csc(-c2ccccn2)n1. The highest BCUT2D eigenvalue weighted by Gasteiger charge is 2.10. The lowest BCUT2D eigenvalue weighted by Crippen LogP contribution is -2.17. The number of aromatic nitrogens is 2. The van der Waals surface area contributed by atoms with Crippen molar-refractivity contribution in [3.63, 3.8) is 0 Å². The number of thiazole rings is 1. The van der Waals surface area contributed by atoms with Crippen LogP contribution in [0.5, 0.6) is 5.75 Å². The van der Waals surface area contributed by atoms with E-state index in [1.165, 1.54) is 5.56 Å². The van der Waals surface area contributed by atoms with Crippen molar-refractivity contribution < 1.29 is 4.74 Å². The topological polar surface area (TPSA) is 38.2 Å². The zero-order valence-corrected chi connectivity index (χ0v) is 14.1. The van der Waals surface area contributed by atoms with Crippen molar-refractivity contribution in [3.8, 4) is 16.5 Å². The lowest BCUT2D eigenvalue weighted by molar-refractivity contribution is 0.307. The van der Waals surface area contributed by atoms with E-state index in [-0.39, 0.29) is 0 Å². The van der Waals surface area contributed by atoms with Gasteiger partial charge in [0.15, 0.2) is 0 Å². The van der Waals surface area contributed by atoms with E-state index >= 15 is 0 Å². The number of hydrogen-bond donors (Lipinski definition) is 0. The molecule has 3 rings (SSSR count). The molecule has 0 saturated heterocycles. The Kier molecular flexibility index (Phi) is 5.00. The summed E-state index contributed by atoms with van der Waals surface area (Å²) >= 11 is 1.63. The first-order chi connectivity index (χ1) is 11.3. The molecule has 2 aromatic heterocycles. The van der Waals surface area contributed by atoms with Crippen molar-refractivity contribution in [2.24, 2.45) is 0 Å². The van der Waals surface area contributed by atoms with Gasteiger partial charge < -0.3 is 4.74 Å². The van der Waals surface area contributed by atoms with Gasteiger partial charge in [-0.25, -0.2) is 4.98 Å². The van der Waals surface area contributed by atoms with Gasteiger partial charge >= 0.3 is 0 Å². The number of methoxy groups -OCH3 is 1. The molecule has 4 nitrogen and oxygen atoms in total. The minimum absolute atomic E-state index is 0.793. The summed E-state index contributed by atoms with van der Waals surface area (Å²) in [6, 6.07) is 14.0. The van der Waals surface area contributed by atoms with Crippen LogP contribution in [0, 0.1) is 0 Å². The maximum absolute atomic E-state index is 5.41. The van der Waals surface area contributed by atoms with Gasteiger partial charge in [-0.1, -0.05) is 24.3 Å². The molecule has 0 aliphatic carbocycles. The Hall–Kier alpha value is -2.24. The van der Waals surface area contributed by atoms with Crippen LogP contribution in [0.25, 0.3) is 10.7 Å². The highest BCUT2D eigenvalue weighted by molar-refractivity contribution is 7.13. The normalized spacial score (nSPS) is 10.9. The maximum atomic E-state index is 5.41. The Morgan fingerprint density at radius 2 is 1.91 bits per heavy atom. The molecule has 0 N–H and O–H groups in total. The first-order valence-corrected chi connectivity index (χ1v) is 8.30. The van der Waals surface area contributed by atoms with Crippen molar-refractivity contribution in [2.45, 2.75) is 13.1 Å². The molecule has 0 aliphatic heterocycles. The molecule has 0 fully saturated rings. The second kappa shape index (κ2) is 7.35. The maximum Gasteiger partial charge on any atom is 0.142 e. The molecule has 0 amide bonds. The van der Waals surface area contributed by atoms with E-state index in [1.54, 1.807) is 24.6 Å². The second-order valence-electron chi connectivity index (χ2n) is 5.34. The smallest absolute Gasteiger partial charge is 0.142 e. The first kappa shape index (κ1) is 15.6. The molecule has 0 radical (unpaired) electrons. The summed E-state index contributed by atoms with van der Waals surface area (Å²) in [5, 5.41) is 3.06. The average Bonchev–Trinajstić information content (AvgIpc) is 3.04. The van der Waals surface area contributed by atoms with Crippen LogP contribution < -0.4 is 4.74 Å². The van der Waals surface area contributed by atoms with Gasteiger partial charge in [0.2, 0.25) is 0 Å². The summed E-state index contributed by atoms with van der Waals surface area (Å²) < 4.78 is 5.41. The van der Waals surface area contributed by atoms with Crippen molar-refractivity contribution in [3.05, 3.63) is 65.3 Å². The van der Waals surface area contributed by atoms with Crippen molar-refractivity contribution in [2.75, 3.05) is 14.2 Å². The van der Waals surface area contributed by atoms with Crippen LogP contribution in [0.2, 0.25) is 0 Å². The van der Waals surface area contributed by atoms with Crippen molar-refractivity contribution >= 4 is 11.3 Å². The summed E-state index contributed by atoms with van der Waals surface area (Å²) in [6.45, 7) is 1.61. The second-order valence-corrected chi connectivity index (χ2v) is 6.20. The third-order valence-corrected chi connectivity index (χ3v) is 4.41. The molecule has 0 aliphatic rings. The molecule has 0 saturated carbocycles. The Balaban J connectivity index is 1.67. The van der Waals surface area contributed by atoms with E-state index in [4.69, 9.17) is 4.74 Å². The van der Waals surface area contributed by atoms with E-state index in [2.05, 4.69) is 33.4 Å². The van der Waals surface area contributed by atoms with E-state index in [1.807, 2.05) is 36.4 Å². The Labute approximate surface area is 140 Å². The van der Waals surface area contributed by atoms with Crippen LogP contribution in [0.1, 0.15) is 11.3 Å². The molecule has 3 aromatic rings. The summed E-state index contributed by atoms with van der Waals surface area (Å²) in [4.78, 5) is 11.3. The number of ether oxygens (including phenoxy) is 1. The van der Waals surface area contributed by atoms with Crippen LogP contribution in [-0.4, -0.2) is 29.0 Å². The predicted octanol–water partition coefficient (Wildman–Crippen LogP) is 3.85. The fraction of sp³-hybridized carbons (Fsp3) is 0.222. The molecule has 0 atom stereocenters. The molecule has 0 unspecified atom stereocenters. The Morgan fingerprint density at radius 3 is 2.70 bits per heavy atom. The highest BCUT2D eigenvalue weighted by atomic mass is 32.1. The van der Waals surface area contributed by atoms with Gasteiger partial charge in [0.05, 0.1) is 18.5 Å². The number of rotatable bonds is 6. The van der Waals surface area contributed by atoms with E-state index in [0.29, 0.717) is 0 Å². The van der Waals surface area contributed by atoms with Gasteiger partial charge in [0.25, 0.3) is 0 Å². The fourth-order valence-corrected chi connectivity index (χ4v) is 3.23. The third-order valence-electron chi connectivity index (χ3n) is 3.50. The van der Waals surface area contributed by atoms with E-state index in [9.17, 15) is 0 Å². The van der Waals surface area contributed by atoms with E-state index in [0.717, 1.165) is 35.2 Å². The quantitative estimate of drug-likeness (QED) is 0.690. The molecule has 0 bridgehead atoms. The number of para-hydroxylation sites is 1. The van der Waals surface area contributed by atoms with Crippen LogP contribution >= 0.6 is 11.3 Å². The predicted molar refractivity (Wildman–Crippen MR) is 93.5 cm³/mol. The van der Waals surface area contributed by atoms with E-state index < -0.39 is 0 Å². The first-order valence-electron chi connectivity index (χ1n) is 7.42. The lowest BCUT2D eigenvalue weighted by atomic mass is 10.2. The van der Waals surface area contributed by atoms with Crippen LogP contribution in [0.15, 0.2) is 54.0 Å². The molecule has 2 heterocycles. The molecule has 23 heavy (non-hydrogen) atoms. The monoisotopic (exact) mass is 325 g/mol. The molecule has 5 heteroatoms. The van der Waals surface area contributed by atoms with Gasteiger partial charge in [-0.15, -0.1) is 11.3 Å². The highest BCUT2D eigenvalue weighted by Crippen LogP contribution is 2.23. The van der Waals surface area contributed by atoms with Crippen molar-refractivity contribution in [1.82, 2.24) is 14.9 Å². The lowest BCUT2D eigenvalue weighted by Gasteiger charge is -2.17. The zero-order valence-electron chi connectivity index (χ0n) is 13.3. The van der Waals surface area contributed by atoms with Gasteiger partial charge in [-0.3, -0.25) is 9.88 Å². The van der Waals surface area contributed by atoms with Gasteiger partial charge in [-0.05, 0) is 25.2 Å². The molecular weight excluding hydrogens is 306 g/mol. The van der Waals surface area contributed by atoms with Crippen molar-refractivity contribution in [1.29, 1.82) is 0 Å². The standard InChI is InChI=1S/C18H19N3OS/c1-21(11-14-7-3-4-9-17(14)22-2)12-15-13-23-18(20-15)16-8-5-6-10-19-16/h3-10,13H,11-12H2,1-2H3. The number of pyridine rings is 1. The Morgan fingerprint density at radius 1 is 1.09 bits per heavy atom. The van der Waals surface area contributed by atoms with Gasteiger partial charge in [-0.2, -0.15) is 0 Å². The molecule has 1 aromatic carbocycles. The minimum Gasteiger partial charge on any atom is -0.496 e. The number of benzene rings is 1. The van der Waals surface area contributed by atoms with Crippen LogP contribution in [-0.2, 0) is 13.1 Å². The number of hydrogen-bond acceptors (Lipinski definition) is 5. The largest absolute Gasteiger partial charge is 0.496 e.